The number of carbonyl (C=O) groups is 1. The molecule has 4 aromatic rings. The Bertz CT molecular complexity index is 1110. The van der Waals surface area contributed by atoms with Gasteiger partial charge in [-0.15, -0.1) is 0 Å². The highest BCUT2D eigenvalue weighted by atomic mass is 16.5. The lowest BCUT2D eigenvalue weighted by atomic mass is 10.1. The second kappa shape index (κ2) is 8.39. The van der Waals surface area contributed by atoms with Gasteiger partial charge in [-0.1, -0.05) is 65.3 Å². The number of anilines is 1. The van der Waals surface area contributed by atoms with Gasteiger partial charge in [0.1, 0.15) is 5.75 Å². The summed E-state index contributed by atoms with van der Waals surface area (Å²) in [6.07, 6.45) is 0. The maximum Gasteiger partial charge on any atom is 0.264 e. The Balaban J connectivity index is 1.45. The summed E-state index contributed by atoms with van der Waals surface area (Å²) in [5.74, 6) is 1.02. The molecule has 6 nitrogen and oxygen atoms in total. The second-order valence-corrected chi connectivity index (χ2v) is 6.48. The first kappa shape index (κ1) is 18.4. The molecule has 1 N–H and O–H groups in total. The fourth-order valence-electron chi connectivity index (χ4n) is 2.77. The lowest BCUT2D eigenvalue weighted by molar-refractivity contribution is 0.102. The standard InChI is InChI=1S/C23H19N3O3/c1-16-11-13-17(14-12-16)22-25-21(29-26-22)15-28-20-10-6-5-9-19(20)23(27)24-18-7-3-2-4-8-18/h2-14H,15H2,1H3,(H,24,27). The van der Waals surface area contributed by atoms with E-state index < -0.39 is 0 Å². The largest absolute Gasteiger partial charge is 0.483 e. The third-order valence-electron chi connectivity index (χ3n) is 4.29. The third-order valence-corrected chi connectivity index (χ3v) is 4.29. The van der Waals surface area contributed by atoms with E-state index in [1.165, 1.54) is 0 Å². The molecule has 0 aliphatic rings. The number of aryl methyl sites for hydroxylation is 1. The summed E-state index contributed by atoms with van der Waals surface area (Å²) < 4.78 is 11.1. The number of aromatic nitrogens is 2. The van der Waals surface area contributed by atoms with Crippen molar-refractivity contribution in [1.82, 2.24) is 10.1 Å². The topological polar surface area (TPSA) is 77.2 Å². The molecule has 4 rings (SSSR count). The minimum atomic E-state index is -0.252. The van der Waals surface area contributed by atoms with Crippen LogP contribution in [0.1, 0.15) is 21.8 Å². The molecule has 0 bridgehead atoms. The zero-order valence-corrected chi connectivity index (χ0v) is 15.8. The number of nitrogens with zero attached hydrogens (tertiary/aromatic N) is 2. The molecule has 6 heteroatoms. The summed E-state index contributed by atoms with van der Waals surface area (Å²) in [6.45, 7) is 2.08. The van der Waals surface area contributed by atoms with Crippen LogP contribution in [0.5, 0.6) is 5.75 Å². The predicted octanol–water partition coefficient (Wildman–Crippen LogP) is 4.88. The van der Waals surface area contributed by atoms with Crippen LogP contribution in [0.25, 0.3) is 11.4 Å². The van der Waals surface area contributed by atoms with Crippen LogP contribution in [-0.2, 0) is 6.61 Å². The molecule has 1 amide bonds. The van der Waals surface area contributed by atoms with Crippen molar-refractivity contribution in [2.24, 2.45) is 0 Å². The van der Waals surface area contributed by atoms with E-state index in [1.54, 1.807) is 24.3 Å². The SMILES string of the molecule is Cc1ccc(-c2noc(COc3ccccc3C(=O)Nc3ccccc3)n2)cc1. The molecule has 3 aromatic carbocycles. The van der Waals surface area contributed by atoms with Gasteiger partial charge in [0, 0.05) is 11.3 Å². The van der Waals surface area contributed by atoms with Crippen molar-refractivity contribution in [3.8, 4) is 17.1 Å². The fraction of sp³-hybridized carbons (Fsp3) is 0.0870. The van der Waals surface area contributed by atoms with Gasteiger partial charge in [0.25, 0.3) is 11.8 Å². The van der Waals surface area contributed by atoms with Crippen molar-refractivity contribution in [3.05, 3.63) is 95.9 Å². The first-order chi connectivity index (χ1) is 14.2. The van der Waals surface area contributed by atoms with E-state index in [0.29, 0.717) is 28.7 Å². The van der Waals surface area contributed by atoms with Gasteiger partial charge in [-0.05, 0) is 31.2 Å². The molecule has 0 aliphatic carbocycles. The number of para-hydroxylation sites is 2. The van der Waals surface area contributed by atoms with E-state index in [1.807, 2.05) is 61.5 Å². The maximum absolute atomic E-state index is 12.6. The van der Waals surface area contributed by atoms with E-state index >= 15 is 0 Å². The highest BCUT2D eigenvalue weighted by Gasteiger charge is 2.14. The molecular formula is C23H19N3O3. The van der Waals surface area contributed by atoms with Gasteiger partial charge in [0.2, 0.25) is 5.82 Å². The van der Waals surface area contributed by atoms with Crippen molar-refractivity contribution in [2.75, 3.05) is 5.32 Å². The van der Waals surface area contributed by atoms with Crippen LogP contribution in [0.2, 0.25) is 0 Å². The van der Waals surface area contributed by atoms with Crippen molar-refractivity contribution >= 4 is 11.6 Å². The average Bonchev–Trinajstić information content (AvgIpc) is 3.23. The molecule has 0 radical (unpaired) electrons. The number of amides is 1. The summed E-state index contributed by atoms with van der Waals surface area (Å²) in [5.41, 5.74) is 3.17. The fourth-order valence-corrected chi connectivity index (χ4v) is 2.77. The lowest BCUT2D eigenvalue weighted by Crippen LogP contribution is -2.13. The quantitative estimate of drug-likeness (QED) is 0.512. The summed E-state index contributed by atoms with van der Waals surface area (Å²) in [4.78, 5) is 17.0. The van der Waals surface area contributed by atoms with E-state index in [9.17, 15) is 4.79 Å². The molecule has 0 fully saturated rings. The van der Waals surface area contributed by atoms with Gasteiger partial charge in [-0.2, -0.15) is 4.98 Å². The van der Waals surface area contributed by atoms with Crippen LogP contribution in [0.3, 0.4) is 0 Å². The number of ether oxygens (including phenoxy) is 1. The van der Waals surface area contributed by atoms with Crippen LogP contribution in [-0.4, -0.2) is 16.0 Å². The van der Waals surface area contributed by atoms with E-state index in [0.717, 1.165) is 11.1 Å². The summed E-state index contributed by atoms with van der Waals surface area (Å²) in [5, 5.41) is 6.85. The van der Waals surface area contributed by atoms with Crippen molar-refractivity contribution in [2.45, 2.75) is 13.5 Å². The minimum absolute atomic E-state index is 0.0640. The summed E-state index contributed by atoms with van der Waals surface area (Å²) >= 11 is 0. The first-order valence-electron chi connectivity index (χ1n) is 9.17. The predicted molar refractivity (Wildman–Crippen MR) is 110 cm³/mol. The van der Waals surface area contributed by atoms with Crippen LogP contribution in [0.4, 0.5) is 5.69 Å². The van der Waals surface area contributed by atoms with E-state index in [-0.39, 0.29) is 12.5 Å². The van der Waals surface area contributed by atoms with Gasteiger partial charge >= 0.3 is 0 Å². The van der Waals surface area contributed by atoms with Crippen LogP contribution >= 0.6 is 0 Å². The van der Waals surface area contributed by atoms with Gasteiger partial charge in [-0.25, -0.2) is 0 Å². The molecule has 0 atom stereocenters. The highest BCUT2D eigenvalue weighted by molar-refractivity contribution is 6.06. The molecule has 0 saturated heterocycles. The van der Waals surface area contributed by atoms with Gasteiger partial charge in [-0.3, -0.25) is 4.79 Å². The number of hydrogen-bond donors (Lipinski definition) is 1. The number of benzene rings is 3. The van der Waals surface area contributed by atoms with Crippen LogP contribution in [0, 0.1) is 6.92 Å². The number of rotatable bonds is 6. The van der Waals surface area contributed by atoms with Crippen molar-refractivity contribution in [1.29, 1.82) is 0 Å². The van der Waals surface area contributed by atoms with Crippen molar-refractivity contribution in [3.63, 3.8) is 0 Å². The smallest absolute Gasteiger partial charge is 0.264 e. The van der Waals surface area contributed by atoms with Gasteiger partial charge in [0.15, 0.2) is 6.61 Å². The number of carbonyl (C=O) groups excluding carboxylic acids is 1. The van der Waals surface area contributed by atoms with Gasteiger partial charge in [0.05, 0.1) is 5.56 Å². The Morgan fingerprint density at radius 1 is 0.966 bits per heavy atom. The van der Waals surface area contributed by atoms with Crippen LogP contribution in [0.15, 0.2) is 83.4 Å². The number of nitrogens with one attached hydrogen (secondary N) is 1. The Morgan fingerprint density at radius 2 is 1.69 bits per heavy atom. The molecule has 144 valence electrons. The Morgan fingerprint density at radius 3 is 2.48 bits per heavy atom. The summed E-state index contributed by atoms with van der Waals surface area (Å²) in [7, 11) is 0. The minimum Gasteiger partial charge on any atom is -0.483 e. The number of hydrogen-bond acceptors (Lipinski definition) is 5. The molecule has 0 unspecified atom stereocenters. The monoisotopic (exact) mass is 385 g/mol. The third kappa shape index (κ3) is 4.50. The Hall–Kier alpha value is -3.93. The van der Waals surface area contributed by atoms with Gasteiger partial charge < -0.3 is 14.6 Å². The normalized spacial score (nSPS) is 10.5. The molecular weight excluding hydrogens is 366 g/mol. The van der Waals surface area contributed by atoms with E-state index in [4.69, 9.17) is 9.26 Å². The molecule has 0 spiro atoms. The van der Waals surface area contributed by atoms with Crippen LogP contribution < -0.4 is 10.1 Å². The summed E-state index contributed by atoms with van der Waals surface area (Å²) in [6, 6.07) is 24.2. The van der Waals surface area contributed by atoms with Crippen molar-refractivity contribution < 1.29 is 14.1 Å². The zero-order valence-electron chi connectivity index (χ0n) is 15.8. The molecule has 0 aliphatic heterocycles. The lowest BCUT2D eigenvalue weighted by Gasteiger charge is -2.10. The maximum atomic E-state index is 12.6. The highest BCUT2D eigenvalue weighted by Crippen LogP contribution is 2.22. The average molecular weight is 385 g/mol. The van der Waals surface area contributed by atoms with E-state index in [2.05, 4.69) is 15.5 Å². The molecule has 1 aromatic heterocycles. The second-order valence-electron chi connectivity index (χ2n) is 6.48. The Labute approximate surface area is 168 Å². The molecule has 29 heavy (non-hydrogen) atoms. The Kier molecular flexibility index (Phi) is 5.33. The first-order valence-corrected chi connectivity index (χ1v) is 9.17. The molecule has 0 saturated carbocycles. The molecule has 1 heterocycles. The zero-order chi connectivity index (χ0) is 20.1.